The first kappa shape index (κ1) is 19.2. The molecule has 9 heteroatoms. The van der Waals surface area contributed by atoms with Gasteiger partial charge in [-0.05, 0) is 35.7 Å². The Labute approximate surface area is 158 Å². The number of hydrogen-bond donors (Lipinski definition) is 1. The summed E-state index contributed by atoms with van der Waals surface area (Å²) >= 11 is 1.39. The second-order valence-corrected chi connectivity index (χ2v) is 7.03. The summed E-state index contributed by atoms with van der Waals surface area (Å²) in [5.74, 6) is -0.182. The molecular formula is C18H18F3N3O2S. The van der Waals surface area contributed by atoms with Crippen molar-refractivity contribution in [2.24, 2.45) is 0 Å². The Hall–Kier alpha value is -2.55. The fourth-order valence-electron chi connectivity index (χ4n) is 2.78. The molecule has 1 N–H and O–H groups in total. The predicted octanol–water partition coefficient (Wildman–Crippen LogP) is 3.16. The molecule has 1 aromatic carbocycles. The molecule has 0 saturated carbocycles. The van der Waals surface area contributed by atoms with Crippen molar-refractivity contribution < 1.29 is 22.8 Å². The van der Waals surface area contributed by atoms with Gasteiger partial charge in [0.15, 0.2) is 0 Å². The molecule has 1 aliphatic rings. The lowest BCUT2D eigenvalue weighted by Crippen LogP contribution is -2.51. The number of thiophene rings is 1. The van der Waals surface area contributed by atoms with Crippen molar-refractivity contribution in [2.45, 2.75) is 6.18 Å². The Morgan fingerprint density at radius 2 is 1.63 bits per heavy atom. The van der Waals surface area contributed by atoms with Gasteiger partial charge in [-0.1, -0.05) is 6.07 Å². The zero-order valence-electron chi connectivity index (χ0n) is 14.3. The lowest BCUT2D eigenvalue weighted by Gasteiger charge is -2.34. The summed E-state index contributed by atoms with van der Waals surface area (Å²) in [6.45, 7) is 1.78. The summed E-state index contributed by atoms with van der Waals surface area (Å²) in [7, 11) is 0. The van der Waals surface area contributed by atoms with Crippen LogP contribution in [0.3, 0.4) is 0 Å². The fraction of sp³-hybridized carbons (Fsp3) is 0.333. The Balaban J connectivity index is 1.46. The third kappa shape index (κ3) is 4.79. The zero-order valence-corrected chi connectivity index (χ0v) is 15.1. The molecule has 1 aromatic heterocycles. The van der Waals surface area contributed by atoms with Gasteiger partial charge in [0.2, 0.25) is 5.91 Å². The maximum atomic E-state index is 12.5. The number of anilines is 1. The van der Waals surface area contributed by atoms with E-state index in [2.05, 4.69) is 5.32 Å². The average Bonchev–Trinajstić information content (AvgIpc) is 3.20. The highest BCUT2D eigenvalue weighted by Crippen LogP contribution is 2.29. The molecular weight excluding hydrogens is 379 g/mol. The van der Waals surface area contributed by atoms with Gasteiger partial charge in [-0.2, -0.15) is 13.2 Å². The molecule has 2 heterocycles. The third-order valence-electron chi connectivity index (χ3n) is 4.31. The lowest BCUT2D eigenvalue weighted by atomic mass is 10.2. The van der Waals surface area contributed by atoms with Gasteiger partial charge in [-0.3, -0.25) is 9.59 Å². The van der Waals surface area contributed by atoms with E-state index in [-0.39, 0.29) is 18.4 Å². The molecule has 3 rings (SSSR count). The minimum Gasteiger partial charge on any atom is -0.376 e. The Kier molecular flexibility index (Phi) is 5.69. The molecule has 1 fully saturated rings. The summed E-state index contributed by atoms with van der Waals surface area (Å²) in [5.41, 5.74) is -0.284. The van der Waals surface area contributed by atoms with Crippen molar-refractivity contribution in [1.29, 1.82) is 0 Å². The van der Waals surface area contributed by atoms with E-state index in [1.54, 1.807) is 15.9 Å². The summed E-state index contributed by atoms with van der Waals surface area (Å²) in [5, 5.41) is 4.69. The van der Waals surface area contributed by atoms with E-state index in [1.165, 1.54) is 23.5 Å². The Bertz CT molecular complexity index is 783. The van der Waals surface area contributed by atoms with Crippen molar-refractivity contribution in [3.8, 4) is 0 Å². The first-order valence-electron chi connectivity index (χ1n) is 8.36. The van der Waals surface area contributed by atoms with Crippen LogP contribution in [0, 0.1) is 0 Å². The minimum absolute atomic E-state index is 0.00969. The molecule has 0 aliphatic carbocycles. The van der Waals surface area contributed by atoms with Crippen LogP contribution >= 0.6 is 11.3 Å². The Morgan fingerprint density at radius 3 is 2.19 bits per heavy atom. The first-order chi connectivity index (χ1) is 12.8. The van der Waals surface area contributed by atoms with Crippen molar-refractivity contribution >= 4 is 28.8 Å². The second-order valence-electron chi connectivity index (χ2n) is 6.08. The number of halogens is 3. The van der Waals surface area contributed by atoms with Gasteiger partial charge in [0.1, 0.15) is 0 Å². The number of benzene rings is 1. The molecule has 5 nitrogen and oxygen atoms in total. The zero-order chi connectivity index (χ0) is 19.4. The van der Waals surface area contributed by atoms with E-state index in [0.29, 0.717) is 36.7 Å². The van der Waals surface area contributed by atoms with Crippen LogP contribution in [0.1, 0.15) is 15.2 Å². The van der Waals surface area contributed by atoms with Crippen molar-refractivity contribution in [2.75, 3.05) is 38.0 Å². The number of piperazine rings is 1. The molecule has 0 bridgehead atoms. The molecule has 0 spiro atoms. The van der Waals surface area contributed by atoms with Crippen molar-refractivity contribution in [1.82, 2.24) is 9.80 Å². The topological polar surface area (TPSA) is 52.7 Å². The maximum absolute atomic E-state index is 12.5. The van der Waals surface area contributed by atoms with Crippen LogP contribution in [-0.4, -0.2) is 54.3 Å². The monoisotopic (exact) mass is 397 g/mol. The number of carbonyl (C=O) groups is 2. The van der Waals surface area contributed by atoms with Gasteiger partial charge in [-0.25, -0.2) is 0 Å². The Morgan fingerprint density at radius 1 is 1.00 bits per heavy atom. The predicted molar refractivity (Wildman–Crippen MR) is 96.7 cm³/mol. The molecule has 0 unspecified atom stereocenters. The van der Waals surface area contributed by atoms with Gasteiger partial charge < -0.3 is 15.1 Å². The van der Waals surface area contributed by atoms with Gasteiger partial charge in [0, 0.05) is 31.9 Å². The SMILES string of the molecule is O=C(CNc1ccc(C(F)(F)F)cc1)N1CCN(C(=O)c2cccs2)CC1. The number of nitrogens with zero attached hydrogens (tertiary/aromatic N) is 2. The van der Waals surface area contributed by atoms with Crippen molar-refractivity contribution in [3.63, 3.8) is 0 Å². The highest BCUT2D eigenvalue weighted by atomic mass is 32.1. The largest absolute Gasteiger partial charge is 0.416 e. The van der Waals surface area contributed by atoms with Crippen LogP contribution < -0.4 is 5.32 Å². The number of carbonyl (C=O) groups excluding carboxylic acids is 2. The van der Waals surface area contributed by atoms with Crippen LogP contribution in [0.25, 0.3) is 0 Å². The average molecular weight is 397 g/mol. The number of amides is 2. The number of hydrogen-bond acceptors (Lipinski definition) is 4. The van der Waals surface area contributed by atoms with Crippen LogP contribution in [0.5, 0.6) is 0 Å². The van der Waals surface area contributed by atoms with Gasteiger partial charge in [-0.15, -0.1) is 11.3 Å². The normalized spacial score (nSPS) is 14.9. The molecule has 2 aromatic rings. The fourth-order valence-corrected chi connectivity index (χ4v) is 3.47. The number of rotatable bonds is 4. The summed E-state index contributed by atoms with van der Waals surface area (Å²) < 4.78 is 37.6. The van der Waals surface area contributed by atoms with Crippen molar-refractivity contribution in [3.05, 3.63) is 52.2 Å². The second kappa shape index (κ2) is 7.99. The minimum atomic E-state index is -4.38. The van der Waals surface area contributed by atoms with E-state index in [1.807, 2.05) is 11.4 Å². The van der Waals surface area contributed by atoms with E-state index in [4.69, 9.17) is 0 Å². The highest BCUT2D eigenvalue weighted by Gasteiger charge is 2.30. The molecule has 1 aliphatic heterocycles. The van der Waals surface area contributed by atoms with Crippen LogP contribution in [-0.2, 0) is 11.0 Å². The summed E-state index contributed by atoms with van der Waals surface area (Å²) in [4.78, 5) is 28.6. The van der Waals surface area contributed by atoms with E-state index in [9.17, 15) is 22.8 Å². The number of nitrogens with one attached hydrogen (secondary N) is 1. The van der Waals surface area contributed by atoms with Gasteiger partial charge >= 0.3 is 6.18 Å². The van der Waals surface area contributed by atoms with Gasteiger partial charge in [0.05, 0.1) is 17.0 Å². The van der Waals surface area contributed by atoms with Crippen LogP contribution in [0.2, 0.25) is 0 Å². The van der Waals surface area contributed by atoms with E-state index in [0.717, 1.165) is 12.1 Å². The molecule has 27 heavy (non-hydrogen) atoms. The summed E-state index contributed by atoms with van der Waals surface area (Å²) in [6, 6.07) is 8.15. The number of alkyl halides is 3. The van der Waals surface area contributed by atoms with E-state index < -0.39 is 11.7 Å². The molecule has 144 valence electrons. The maximum Gasteiger partial charge on any atom is 0.416 e. The quantitative estimate of drug-likeness (QED) is 0.862. The third-order valence-corrected chi connectivity index (χ3v) is 5.17. The first-order valence-corrected chi connectivity index (χ1v) is 9.24. The highest BCUT2D eigenvalue weighted by molar-refractivity contribution is 7.12. The lowest BCUT2D eigenvalue weighted by molar-refractivity contribution is -0.137. The molecule has 0 radical (unpaired) electrons. The van der Waals surface area contributed by atoms with Crippen LogP contribution in [0.4, 0.5) is 18.9 Å². The molecule has 1 saturated heterocycles. The smallest absolute Gasteiger partial charge is 0.376 e. The standard InChI is InChI=1S/C18H18F3N3O2S/c19-18(20,21)13-3-5-14(6-4-13)22-12-16(25)23-7-9-24(10-8-23)17(26)15-2-1-11-27-15/h1-6,11,22H,7-10,12H2. The van der Waals surface area contributed by atoms with Crippen LogP contribution in [0.15, 0.2) is 41.8 Å². The van der Waals surface area contributed by atoms with Gasteiger partial charge in [0.25, 0.3) is 5.91 Å². The summed E-state index contributed by atoms with van der Waals surface area (Å²) in [6.07, 6.45) is -4.38. The van der Waals surface area contributed by atoms with E-state index >= 15 is 0 Å². The molecule has 0 atom stereocenters. The molecule has 2 amide bonds.